The van der Waals surface area contributed by atoms with Gasteiger partial charge in [0.1, 0.15) is 42.6 Å². The summed E-state index contributed by atoms with van der Waals surface area (Å²) in [5, 5.41) is 19.7. The van der Waals surface area contributed by atoms with Gasteiger partial charge < -0.3 is 29.0 Å². The van der Waals surface area contributed by atoms with Crippen LogP contribution in [0, 0.1) is 31.1 Å². The SMILES string of the molecule is Cc1c(COc2cc(OCc3cncc(C#N)c3)c(CN3CCCC[C@H]3C(=O)O)cc2Cl)cccc1-c1cccc(OCCCN2CCC3OCC3C2)c1C. The fourth-order valence-electron chi connectivity index (χ4n) is 8.03. The standard InChI is InChI=1S/C44H49ClN4O6/c1-29-33(8-5-9-36(29)37-10-6-12-40(30(37)2)52-17-7-14-48-16-13-41-35(24-48)28-54-41)27-55-43-20-42(53-26-32-18-31(21-46)22-47-23-32)34(19-38(43)45)25-49-15-4-3-11-39(49)44(50)51/h5-6,8-10,12,18-20,22-23,35,39,41H,3-4,7,11,13-17,24-28H2,1-2H3,(H,50,51)/t35?,39-,41?/m0/s1. The Kier molecular flexibility index (Phi) is 12.5. The van der Waals surface area contributed by atoms with E-state index in [1.165, 1.54) is 6.20 Å². The van der Waals surface area contributed by atoms with E-state index in [4.69, 9.17) is 30.5 Å². The van der Waals surface area contributed by atoms with Crippen LogP contribution >= 0.6 is 11.6 Å². The van der Waals surface area contributed by atoms with E-state index in [1.54, 1.807) is 18.3 Å². The van der Waals surface area contributed by atoms with Crippen molar-refractivity contribution in [2.24, 2.45) is 5.92 Å². The average Bonchev–Trinajstić information content (AvgIpc) is 3.18. The third-order valence-corrected chi connectivity index (χ3v) is 11.6. The van der Waals surface area contributed by atoms with E-state index in [1.807, 2.05) is 23.1 Å². The maximum atomic E-state index is 12.1. The van der Waals surface area contributed by atoms with Gasteiger partial charge >= 0.3 is 5.97 Å². The van der Waals surface area contributed by atoms with Crippen LogP contribution in [0.25, 0.3) is 11.1 Å². The van der Waals surface area contributed by atoms with Crippen LogP contribution in [0.3, 0.4) is 0 Å². The number of likely N-dealkylation sites (tertiary alicyclic amines) is 2. The Morgan fingerprint density at radius 1 is 0.945 bits per heavy atom. The second-order valence-electron chi connectivity index (χ2n) is 14.9. The van der Waals surface area contributed by atoms with Crippen molar-refractivity contribution < 1.29 is 28.8 Å². The Balaban J connectivity index is 1.05. The van der Waals surface area contributed by atoms with Crippen LogP contribution in [0.4, 0.5) is 0 Å². The number of nitriles is 1. The molecule has 4 heterocycles. The van der Waals surface area contributed by atoms with Gasteiger partial charge in [-0.05, 0) is 92.1 Å². The van der Waals surface area contributed by atoms with Crippen molar-refractivity contribution in [3.05, 3.63) is 105 Å². The first-order valence-electron chi connectivity index (χ1n) is 19.3. The fraction of sp³-hybridized carbons (Fsp3) is 0.432. The van der Waals surface area contributed by atoms with Crippen molar-refractivity contribution in [2.45, 2.75) is 77.9 Å². The van der Waals surface area contributed by atoms with Gasteiger partial charge in [-0.15, -0.1) is 0 Å². The molecule has 0 saturated carbocycles. The summed E-state index contributed by atoms with van der Waals surface area (Å²) in [5.41, 5.74) is 7.40. The lowest BCUT2D eigenvalue weighted by Gasteiger charge is -2.45. The van der Waals surface area contributed by atoms with Gasteiger partial charge in [0.05, 0.1) is 29.9 Å². The molecule has 3 atom stereocenters. The number of aromatic nitrogens is 1. The molecule has 3 aromatic carbocycles. The average molecular weight is 765 g/mol. The highest BCUT2D eigenvalue weighted by Gasteiger charge is 2.37. The maximum Gasteiger partial charge on any atom is 0.320 e. The molecule has 0 spiro atoms. The quantitative estimate of drug-likeness (QED) is 0.120. The van der Waals surface area contributed by atoms with Gasteiger partial charge in [0.25, 0.3) is 0 Å². The molecule has 4 aromatic rings. The summed E-state index contributed by atoms with van der Waals surface area (Å²) >= 11 is 6.87. The third kappa shape index (κ3) is 9.25. The van der Waals surface area contributed by atoms with E-state index in [-0.39, 0.29) is 13.2 Å². The van der Waals surface area contributed by atoms with Crippen LogP contribution in [0.5, 0.6) is 17.2 Å². The number of benzene rings is 3. The Morgan fingerprint density at radius 3 is 2.55 bits per heavy atom. The van der Waals surface area contributed by atoms with Crippen LogP contribution in [0.15, 0.2) is 67.0 Å². The highest BCUT2D eigenvalue weighted by Crippen LogP contribution is 2.37. The summed E-state index contributed by atoms with van der Waals surface area (Å²) in [5.74, 6) is 1.77. The minimum Gasteiger partial charge on any atom is -0.493 e. The van der Waals surface area contributed by atoms with E-state index in [0.717, 1.165) is 96.6 Å². The number of aliphatic carboxylic acids is 1. The lowest BCUT2D eigenvalue weighted by Crippen LogP contribution is -2.53. The van der Waals surface area contributed by atoms with E-state index in [2.05, 4.69) is 54.1 Å². The predicted octanol–water partition coefficient (Wildman–Crippen LogP) is 7.98. The van der Waals surface area contributed by atoms with E-state index >= 15 is 0 Å². The molecule has 2 unspecified atom stereocenters. The van der Waals surface area contributed by atoms with Gasteiger partial charge in [0, 0.05) is 61.7 Å². The van der Waals surface area contributed by atoms with Gasteiger partial charge in [-0.2, -0.15) is 5.26 Å². The number of carboxylic acid groups (broad SMARTS) is 1. The molecule has 0 bridgehead atoms. The largest absolute Gasteiger partial charge is 0.493 e. The highest BCUT2D eigenvalue weighted by molar-refractivity contribution is 6.32. The first kappa shape index (κ1) is 38.6. The number of rotatable bonds is 15. The maximum absolute atomic E-state index is 12.1. The molecule has 3 aliphatic heterocycles. The molecule has 0 aliphatic carbocycles. The zero-order valence-electron chi connectivity index (χ0n) is 31.6. The molecule has 3 fully saturated rings. The molecular weight excluding hydrogens is 716 g/mol. The van der Waals surface area contributed by atoms with Crippen LogP contribution in [0.1, 0.15) is 65.5 Å². The van der Waals surface area contributed by atoms with Crippen molar-refractivity contribution >= 4 is 17.6 Å². The summed E-state index contributed by atoms with van der Waals surface area (Å²) in [6.07, 6.45) is 8.17. The Labute approximate surface area is 328 Å². The van der Waals surface area contributed by atoms with Crippen LogP contribution in [-0.2, 0) is 29.3 Å². The predicted molar refractivity (Wildman–Crippen MR) is 211 cm³/mol. The monoisotopic (exact) mass is 764 g/mol. The topological polar surface area (TPSA) is 117 Å². The minimum atomic E-state index is -0.828. The number of halogens is 1. The van der Waals surface area contributed by atoms with E-state index in [9.17, 15) is 15.2 Å². The molecule has 1 N–H and O–H groups in total. The molecule has 7 rings (SSSR count). The number of ether oxygens (including phenoxy) is 4. The Morgan fingerprint density at radius 2 is 1.76 bits per heavy atom. The van der Waals surface area contributed by atoms with Gasteiger partial charge in [-0.25, -0.2) is 0 Å². The number of pyridine rings is 1. The van der Waals surface area contributed by atoms with Gasteiger partial charge in [0.2, 0.25) is 0 Å². The molecule has 55 heavy (non-hydrogen) atoms. The Hall–Kier alpha value is -4.66. The highest BCUT2D eigenvalue weighted by atomic mass is 35.5. The van der Waals surface area contributed by atoms with Crippen molar-refractivity contribution in [3.8, 4) is 34.4 Å². The molecule has 0 amide bonds. The third-order valence-electron chi connectivity index (χ3n) is 11.3. The number of hydrogen-bond acceptors (Lipinski definition) is 9. The lowest BCUT2D eigenvalue weighted by molar-refractivity contribution is -0.148. The van der Waals surface area contributed by atoms with Crippen LogP contribution < -0.4 is 14.2 Å². The molecule has 10 nitrogen and oxygen atoms in total. The smallest absolute Gasteiger partial charge is 0.320 e. The summed E-state index contributed by atoms with van der Waals surface area (Å²) in [6, 6.07) is 19.4. The first-order chi connectivity index (χ1) is 26.8. The zero-order valence-corrected chi connectivity index (χ0v) is 32.4. The second-order valence-corrected chi connectivity index (χ2v) is 15.3. The first-order valence-corrected chi connectivity index (χ1v) is 19.7. The fourth-order valence-corrected chi connectivity index (χ4v) is 8.27. The van der Waals surface area contributed by atoms with Gasteiger partial charge in [-0.1, -0.05) is 48.4 Å². The zero-order chi connectivity index (χ0) is 38.3. The van der Waals surface area contributed by atoms with Crippen molar-refractivity contribution in [1.82, 2.24) is 14.8 Å². The number of carbonyl (C=O) groups is 1. The van der Waals surface area contributed by atoms with Crippen LogP contribution in [-0.4, -0.2) is 77.4 Å². The number of hydrogen-bond donors (Lipinski definition) is 1. The van der Waals surface area contributed by atoms with Gasteiger partial charge in [-0.3, -0.25) is 14.7 Å². The molecule has 1 aromatic heterocycles. The summed E-state index contributed by atoms with van der Waals surface area (Å²) < 4.78 is 24.7. The van der Waals surface area contributed by atoms with Crippen molar-refractivity contribution in [3.63, 3.8) is 0 Å². The molecule has 11 heteroatoms. The molecule has 0 radical (unpaired) electrons. The molecule has 288 valence electrons. The summed E-state index contributed by atoms with van der Waals surface area (Å²) in [6.45, 7) is 10.6. The lowest BCUT2D eigenvalue weighted by atomic mass is 9.91. The number of nitrogens with zero attached hydrogens (tertiary/aromatic N) is 4. The molecule has 3 saturated heterocycles. The summed E-state index contributed by atoms with van der Waals surface area (Å²) in [7, 11) is 0. The van der Waals surface area contributed by atoms with Crippen molar-refractivity contribution in [1.29, 1.82) is 5.26 Å². The van der Waals surface area contributed by atoms with Gasteiger partial charge in [0.15, 0.2) is 0 Å². The Bertz CT molecular complexity index is 2030. The summed E-state index contributed by atoms with van der Waals surface area (Å²) in [4.78, 5) is 20.8. The number of fused-ring (bicyclic) bond motifs is 1. The molecular formula is C44H49ClN4O6. The second kappa shape index (κ2) is 17.9. The molecule has 3 aliphatic rings. The number of carboxylic acids is 1. The van der Waals surface area contributed by atoms with Crippen LogP contribution in [0.2, 0.25) is 5.02 Å². The minimum absolute atomic E-state index is 0.164. The van der Waals surface area contributed by atoms with Crippen molar-refractivity contribution in [2.75, 3.05) is 39.4 Å². The van der Waals surface area contributed by atoms with E-state index < -0.39 is 12.0 Å². The number of piperidine rings is 2. The normalized spacial score (nSPS) is 19.9. The van der Waals surface area contributed by atoms with E-state index in [0.29, 0.717) is 60.2 Å².